The van der Waals surface area contributed by atoms with Crippen molar-refractivity contribution >= 4 is 54.1 Å². The molecule has 2 aromatic carbocycles. The summed E-state index contributed by atoms with van der Waals surface area (Å²) in [4.78, 5) is 35.9. The van der Waals surface area contributed by atoms with Crippen molar-refractivity contribution in [3.05, 3.63) is 76.2 Å². The first-order valence-corrected chi connectivity index (χ1v) is 12.0. The normalized spacial score (nSPS) is 12.3. The molecule has 160 valence electrons. The summed E-state index contributed by atoms with van der Waals surface area (Å²) >= 11 is 2.84. The molecule has 1 N–H and O–H groups in total. The average molecular weight is 461 g/mol. The number of aromatic nitrogens is 3. The molecule has 0 aliphatic rings. The summed E-state index contributed by atoms with van der Waals surface area (Å²) in [6.45, 7) is 3.80. The Morgan fingerprint density at radius 1 is 1.16 bits per heavy atom. The van der Waals surface area contributed by atoms with Gasteiger partial charge in [-0.3, -0.25) is 14.2 Å². The number of para-hydroxylation sites is 1. The highest BCUT2D eigenvalue weighted by molar-refractivity contribution is 7.22. The fraction of sp³-hybridized carbons (Fsp3) is 0.167. The standard InChI is InChI=1S/C24H20N4O2S2/c1-3-15-8-10-16(11-9-15)17-12-31-22-20(17)23(30)28(13-25-22)14(2)21(29)27-24-26-18-6-4-5-7-19(18)32-24/h4-14H,3H2,1-2H3,(H,26,27,29). The van der Waals surface area contributed by atoms with Crippen molar-refractivity contribution in [2.45, 2.75) is 26.3 Å². The molecule has 0 saturated heterocycles. The van der Waals surface area contributed by atoms with Crippen LogP contribution in [0.5, 0.6) is 0 Å². The Kier molecular flexibility index (Phi) is 5.32. The van der Waals surface area contributed by atoms with Crippen molar-refractivity contribution in [1.29, 1.82) is 0 Å². The van der Waals surface area contributed by atoms with Gasteiger partial charge in [-0.25, -0.2) is 9.97 Å². The lowest BCUT2D eigenvalue weighted by molar-refractivity contribution is -0.118. The van der Waals surface area contributed by atoms with Crippen LogP contribution in [0.2, 0.25) is 0 Å². The predicted molar refractivity (Wildman–Crippen MR) is 132 cm³/mol. The Bertz CT molecular complexity index is 1470. The molecule has 32 heavy (non-hydrogen) atoms. The summed E-state index contributed by atoms with van der Waals surface area (Å²) in [5.74, 6) is -0.309. The molecule has 0 bridgehead atoms. The minimum absolute atomic E-state index is 0.224. The minimum Gasteiger partial charge on any atom is -0.300 e. The lowest BCUT2D eigenvalue weighted by Gasteiger charge is -2.14. The Morgan fingerprint density at radius 3 is 2.69 bits per heavy atom. The van der Waals surface area contributed by atoms with Crippen LogP contribution in [0.3, 0.4) is 0 Å². The largest absolute Gasteiger partial charge is 0.300 e. The molecule has 3 heterocycles. The maximum Gasteiger partial charge on any atom is 0.263 e. The lowest BCUT2D eigenvalue weighted by atomic mass is 10.0. The van der Waals surface area contributed by atoms with Gasteiger partial charge in [0.2, 0.25) is 5.91 Å². The fourth-order valence-corrected chi connectivity index (χ4v) is 5.39. The van der Waals surface area contributed by atoms with Crippen LogP contribution in [0, 0.1) is 0 Å². The first-order chi connectivity index (χ1) is 15.5. The van der Waals surface area contributed by atoms with E-state index in [0.717, 1.165) is 27.8 Å². The zero-order valence-corrected chi connectivity index (χ0v) is 19.2. The van der Waals surface area contributed by atoms with Gasteiger partial charge in [0.1, 0.15) is 10.9 Å². The van der Waals surface area contributed by atoms with E-state index < -0.39 is 6.04 Å². The van der Waals surface area contributed by atoms with Gasteiger partial charge in [-0.15, -0.1) is 11.3 Å². The predicted octanol–water partition coefficient (Wildman–Crippen LogP) is 5.50. The van der Waals surface area contributed by atoms with Gasteiger partial charge < -0.3 is 5.32 Å². The molecular formula is C24H20N4O2S2. The smallest absolute Gasteiger partial charge is 0.263 e. The number of aryl methyl sites for hydroxylation is 1. The number of amides is 1. The Labute approximate surface area is 192 Å². The first-order valence-electron chi connectivity index (χ1n) is 10.3. The SMILES string of the molecule is CCc1ccc(-c2csc3ncn(C(C)C(=O)Nc4nc5ccccc5s4)c(=O)c23)cc1. The number of thiophene rings is 1. The summed E-state index contributed by atoms with van der Waals surface area (Å²) in [5.41, 5.74) is 3.66. The van der Waals surface area contributed by atoms with E-state index in [1.54, 1.807) is 6.92 Å². The molecule has 0 spiro atoms. The zero-order valence-electron chi connectivity index (χ0n) is 17.5. The molecule has 1 amide bonds. The third kappa shape index (κ3) is 3.61. The highest BCUT2D eigenvalue weighted by Crippen LogP contribution is 2.31. The fourth-order valence-electron chi connectivity index (χ4n) is 3.62. The zero-order chi connectivity index (χ0) is 22.2. The number of nitrogens with one attached hydrogen (secondary N) is 1. The Hall–Kier alpha value is -3.36. The summed E-state index contributed by atoms with van der Waals surface area (Å²) < 4.78 is 2.38. The number of thiazole rings is 1. The Morgan fingerprint density at radius 2 is 1.94 bits per heavy atom. The maximum absolute atomic E-state index is 13.4. The van der Waals surface area contributed by atoms with Gasteiger partial charge in [-0.1, -0.05) is 54.7 Å². The van der Waals surface area contributed by atoms with Gasteiger partial charge in [0.25, 0.3) is 5.56 Å². The van der Waals surface area contributed by atoms with E-state index in [1.807, 2.05) is 41.8 Å². The lowest BCUT2D eigenvalue weighted by Crippen LogP contribution is -2.31. The van der Waals surface area contributed by atoms with Gasteiger partial charge in [-0.05, 0) is 36.6 Å². The van der Waals surface area contributed by atoms with E-state index in [2.05, 4.69) is 34.3 Å². The number of nitrogens with zero attached hydrogens (tertiary/aromatic N) is 3. The van der Waals surface area contributed by atoms with Crippen LogP contribution >= 0.6 is 22.7 Å². The average Bonchev–Trinajstić information content (AvgIpc) is 3.43. The van der Waals surface area contributed by atoms with Crippen LogP contribution in [0.1, 0.15) is 25.5 Å². The topological polar surface area (TPSA) is 76.9 Å². The third-order valence-corrected chi connectivity index (χ3v) is 7.35. The van der Waals surface area contributed by atoms with Gasteiger partial charge in [0.15, 0.2) is 5.13 Å². The van der Waals surface area contributed by atoms with E-state index in [1.165, 1.54) is 39.1 Å². The molecule has 6 nitrogen and oxygen atoms in total. The molecule has 1 atom stereocenters. The summed E-state index contributed by atoms with van der Waals surface area (Å²) in [6.07, 6.45) is 2.41. The summed E-state index contributed by atoms with van der Waals surface area (Å²) in [5, 5.41) is 5.85. The van der Waals surface area contributed by atoms with E-state index in [0.29, 0.717) is 15.3 Å². The van der Waals surface area contributed by atoms with Gasteiger partial charge >= 0.3 is 0 Å². The molecule has 5 rings (SSSR count). The molecule has 3 aromatic heterocycles. The van der Waals surface area contributed by atoms with E-state index in [4.69, 9.17) is 0 Å². The number of carbonyl (C=O) groups is 1. The quantitative estimate of drug-likeness (QED) is 0.376. The minimum atomic E-state index is -0.735. The Balaban J connectivity index is 1.48. The van der Waals surface area contributed by atoms with Crippen LogP contribution in [0.15, 0.2) is 65.0 Å². The van der Waals surface area contributed by atoms with Gasteiger partial charge in [-0.2, -0.15) is 0 Å². The molecule has 0 aliphatic heterocycles. The molecular weight excluding hydrogens is 440 g/mol. The maximum atomic E-state index is 13.4. The van der Waals surface area contributed by atoms with Crippen molar-refractivity contribution in [3.63, 3.8) is 0 Å². The van der Waals surface area contributed by atoms with Crippen LogP contribution in [0.4, 0.5) is 5.13 Å². The van der Waals surface area contributed by atoms with Crippen molar-refractivity contribution in [1.82, 2.24) is 14.5 Å². The molecule has 1 unspecified atom stereocenters. The molecule has 5 aromatic rings. The van der Waals surface area contributed by atoms with Crippen molar-refractivity contribution in [3.8, 4) is 11.1 Å². The molecule has 0 radical (unpaired) electrons. The highest BCUT2D eigenvalue weighted by atomic mass is 32.1. The summed E-state index contributed by atoms with van der Waals surface area (Å²) in [7, 11) is 0. The number of benzene rings is 2. The van der Waals surface area contributed by atoms with E-state index in [-0.39, 0.29) is 11.5 Å². The third-order valence-electron chi connectivity index (χ3n) is 5.51. The van der Waals surface area contributed by atoms with Crippen molar-refractivity contribution in [2.75, 3.05) is 5.32 Å². The number of anilines is 1. The molecule has 0 saturated carbocycles. The van der Waals surface area contributed by atoms with Gasteiger partial charge in [0.05, 0.1) is 21.9 Å². The molecule has 0 fully saturated rings. The van der Waals surface area contributed by atoms with Crippen molar-refractivity contribution in [2.24, 2.45) is 0 Å². The van der Waals surface area contributed by atoms with Gasteiger partial charge in [0, 0.05) is 10.9 Å². The number of hydrogen-bond acceptors (Lipinski definition) is 6. The van der Waals surface area contributed by atoms with E-state index in [9.17, 15) is 9.59 Å². The number of fused-ring (bicyclic) bond motifs is 2. The van der Waals surface area contributed by atoms with Crippen LogP contribution < -0.4 is 10.9 Å². The second kappa shape index (κ2) is 8.29. The van der Waals surface area contributed by atoms with Crippen LogP contribution in [0.25, 0.3) is 31.6 Å². The van der Waals surface area contributed by atoms with E-state index >= 15 is 0 Å². The number of rotatable bonds is 5. The second-order valence-corrected chi connectivity index (χ2v) is 9.38. The van der Waals surface area contributed by atoms with Crippen molar-refractivity contribution < 1.29 is 4.79 Å². The number of hydrogen-bond donors (Lipinski definition) is 1. The molecule has 8 heteroatoms. The highest BCUT2D eigenvalue weighted by Gasteiger charge is 2.21. The van der Waals surface area contributed by atoms with Crippen LogP contribution in [-0.4, -0.2) is 20.4 Å². The van der Waals surface area contributed by atoms with Crippen LogP contribution in [-0.2, 0) is 11.2 Å². The monoisotopic (exact) mass is 460 g/mol. The second-order valence-electron chi connectivity index (χ2n) is 7.49. The first kappa shape index (κ1) is 20.5. The molecule has 0 aliphatic carbocycles. The number of carbonyl (C=O) groups excluding carboxylic acids is 1. The summed E-state index contributed by atoms with van der Waals surface area (Å²) in [6, 6.07) is 15.2.